The minimum absolute atomic E-state index is 0.285. The average Bonchev–Trinajstić information content (AvgIpc) is 2.80. The first-order valence-corrected chi connectivity index (χ1v) is 9.91. The first-order valence-electron chi connectivity index (χ1n) is 9.91. The number of fused-ring (bicyclic) bond motifs is 1. The van der Waals surface area contributed by atoms with Gasteiger partial charge in [0.25, 0.3) is 0 Å². The first-order chi connectivity index (χ1) is 14.6. The van der Waals surface area contributed by atoms with Crippen molar-refractivity contribution in [2.45, 2.75) is 18.9 Å². The molecule has 7 nitrogen and oxygen atoms in total. The molecule has 4 rings (SSSR count). The molecule has 0 bridgehead atoms. The molecule has 1 aliphatic heterocycles. The van der Waals surface area contributed by atoms with Gasteiger partial charge in [-0.2, -0.15) is 0 Å². The van der Waals surface area contributed by atoms with E-state index >= 15 is 0 Å². The zero-order valence-electron chi connectivity index (χ0n) is 16.5. The lowest BCUT2D eigenvalue weighted by Crippen LogP contribution is -2.41. The van der Waals surface area contributed by atoms with Crippen LogP contribution in [-0.2, 0) is 0 Å². The van der Waals surface area contributed by atoms with Crippen molar-refractivity contribution in [1.82, 2.24) is 15.3 Å². The first kappa shape index (κ1) is 19.6. The number of carboxylic acids is 1. The molecule has 0 unspecified atom stereocenters. The summed E-state index contributed by atoms with van der Waals surface area (Å²) in [5.41, 5.74) is 4.24. The van der Waals surface area contributed by atoms with E-state index in [2.05, 4.69) is 20.2 Å². The molecule has 2 aromatic carbocycles. The van der Waals surface area contributed by atoms with Crippen molar-refractivity contribution < 1.29 is 9.90 Å². The van der Waals surface area contributed by atoms with Gasteiger partial charge in [0.2, 0.25) is 0 Å². The van der Waals surface area contributed by atoms with Gasteiger partial charge in [-0.25, -0.2) is 9.78 Å². The molecular formula is C23H23N5O2. The zero-order valence-corrected chi connectivity index (χ0v) is 16.5. The van der Waals surface area contributed by atoms with Gasteiger partial charge in [0.05, 0.1) is 28.5 Å². The van der Waals surface area contributed by atoms with E-state index < -0.39 is 5.97 Å². The molecule has 1 aromatic heterocycles. The number of nitrogens with one attached hydrogen (secondary N) is 2. The quantitative estimate of drug-likeness (QED) is 0.546. The van der Waals surface area contributed by atoms with Gasteiger partial charge in [-0.3, -0.25) is 4.98 Å². The summed E-state index contributed by atoms with van der Waals surface area (Å²) in [6.07, 6.45) is 6.67. The Morgan fingerprint density at radius 2 is 1.90 bits per heavy atom. The van der Waals surface area contributed by atoms with Crippen LogP contribution < -0.4 is 10.2 Å². The molecule has 2 heterocycles. The minimum atomic E-state index is -0.908. The van der Waals surface area contributed by atoms with Gasteiger partial charge in [0, 0.05) is 42.8 Å². The molecule has 1 aliphatic rings. The van der Waals surface area contributed by atoms with E-state index in [1.807, 2.05) is 36.5 Å². The Morgan fingerprint density at radius 1 is 1.13 bits per heavy atom. The molecule has 30 heavy (non-hydrogen) atoms. The predicted molar refractivity (Wildman–Crippen MR) is 118 cm³/mol. The topological polar surface area (TPSA) is 102 Å². The van der Waals surface area contributed by atoms with Crippen LogP contribution in [0, 0.1) is 5.41 Å². The second kappa shape index (κ2) is 8.73. The van der Waals surface area contributed by atoms with Crippen LogP contribution in [0.2, 0.25) is 0 Å². The number of hydrogen-bond acceptors (Lipinski definition) is 6. The molecule has 3 N–H and O–H groups in total. The SMILES string of the molecule is N=C/C(=C\NC1CCN(c2cccc(C(=O)O)c2)CC1)c1cnc2ccccc2n1. The Morgan fingerprint density at radius 3 is 2.63 bits per heavy atom. The Bertz CT molecular complexity index is 1100. The number of allylic oxidation sites excluding steroid dienone is 1. The van der Waals surface area contributed by atoms with Crippen molar-refractivity contribution in [2.75, 3.05) is 18.0 Å². The summed E-state index contributed by atoms with van der Waals surface area (Å²) in [6.45, 7) is 1.68. The number of piperidine rings is 1. The highest BCUT2D eigenvalue weighted by molar-refractivity contribution is 6.07. The normalized spacial score (nSPS) is 15.2. The van der Waals surface area contributed by atoms with E-state index in [1.54, 1.807) is 24.4 Å². The number of rotatable bonds is 6. The highest BCUT2D eigenvalue weighted by Crippen LogP contribution is 2.22. The molecular weight excluding hydrogens is 378 g/mol. The lowest BCUT2D eigenvalue weighted by Gasteiger charge is -2.34. The number of carbonyl (C=O) groups is 1. The van der Waals surface area contributed by atoms with Crippen LogP contribution in [0.3, 0.4) is 0 Å². The lowest BCUT2D eigenvalue weighted by molar-refractivity contribution is 0.0697. The molecule has 0 saturated carbocycles. The van der Waals surface area contributed by atoms with E-state index in [-0.39, 0.29) is 6.04 Å². The molecule has 0 radical (unpaired) electrons. The molecule has 0 spiro atoms. The molecule has 7 heteroatoms. The molecule has 0 amide bonds. The molecule has 0 atom stereocenters. The molecule has 152 valence electrons. The van der Waals surface area contributed by atoms with Gasteiger partial charge >= 0.3 is 5.97 Å². The smallest absolute Gasteiger partial charge is 0.335 e. The third-order valence-electron chi connectivity index (χ3n) is 5.33. The van der Waals surface area contributed by atoms with Crippen LogP contribution in [0.5, 0.6) is 0 Å². The molecule has 1 saturated heterocycles. The standard InChI is InChI=1S/C23H23N5O2/c24-13-17(22-15-26-20-6-1-2-7-21(20)27-22)14-25-18-8-10-28(11-9-18)19-5-3-4-16(12-19)23(29)30/h1-7,12-15,18,24-25H,8-11H2,(H,29,30)/b17-14+,24-13?. The van der Waals surface area contributed by atoms with Gasteiger partial charge in [0.1, 0.15) is 0 Å². The van der Waals surface area contributed by atoms with E-state index in [4.69, 9.17) is 5.41 Å². The Balaban J connectivity index is 1.40. The van der Waals surface area contributed by atoms with Gasteiger partial charge in [0.15, 0.2) is 0 Å². The van der Waals surface area contributed by atoms with Crippen LogP contribution in [-0.4, -0.2) is 46.4 Å². The van der Waals surface area contributed by atoms with Crippen molar-refractivity contribution in [3.63, 3.8) is 0 Å². The maximum Gasteiger partial charge on any atom is 0.335 e. The van der Waals surface area contributed by atoms with Gasteiger partial charge in [-0.15, -0.1) is 0 Å². The third kappa shape index (κ3) is 4.30. The van der Waals surface area contributed by atoms with E-state index in [1.165, 1.54) is 6.21 Å². The molecule has 1 fully saturated rings. The van der Waals surface area contributed by atoms with E-state index in [0.29, 0.717) is 16.8 Å². The summed E-state index contributed by atoms with van der Waals surface area (Å²) in [5, 5.41) is 20.4. The van der Waals surface area contributed by atoms with Crippen LogP contribution in [0.1, 0.15) is 28.9 Å². The number of aromatic nitrogens is 2. The summed E-state index contributed by atoms with van der Waals surface area (Å²) in [4.78, 5) is 22.4. The van der Waals surface area contributed by atoms with Crippen LogP contribution >= 0.6 is 0 Å². The van der Waals surface area contributed by atoms with Crippen molar-refractivity contribution >= 4 is 34.5 Å². The number of anilines is 1. The summed E-state index contributed by atoms with van der Waals surface area (Å²) < 4.78 is 0. The van der Waals surface area contributed by atoms with Gasteiger partial charge < -0.3 is 20.7 Å². The molecule has 0 aliphatic carbocycles. The second-order valence-electron chi connectivity index (χ2n) is 7.27. The zero-order chi connectivity index (χ0) is 20.9. The highest BCUT2D eigenvalue weighted by atomic mass is 16.4. The third-order valence-corrected chi connectivity index (χ3v) is 5.33. The average molecular weight is 401 g/mol. The minimum Gasteiger partial charge on any atom is -0.478 e. The van der Waals surface area contributed by atoms with Crippen LogP contribution in [0.4, 0.5) is 5.69 Å². The fourth-order valence-corrected chi connectivity index (χ4v) is 3.63. The van der Waals surface area contributed by atoms with E-state index in [0.717, 1.165) is 42.7 Å². The fourth-order valence-electron chi connectivity index (χ4n) is 3.63. The monoisotopic (exact) mass is 401 g/mol. The van der Waals surface area contributed by atoms with Crippen molar-refractivity contribution in [2.24, 2.45) is 0 Å². The largest absolute Gasteiger partial charge is 0.478 e. The van der Waals surface area contributed by atoms with Crippen LogP contribution in [0.15, 0.2) is 60.9 Å². The molecule has 3 aromatic rings. The number of para-hydroxylation sites is 2. The summed E-state index contributed by atoms with van der Waals surface area (Å²) >= 11 is 0. The lowest BCUT2D eigenvalue weighted by atomic mass is 10.0. The maximum atomic E-state index is 11.2. The highest BCUT2D eigenvalue weighted by Gasteiger charge is 2.19. The Labute approximate surface area is 174 Å². The number of nitrogens with zero attached hydrogens (tertiary/aromatic N) is 3. The number of aromatic carboxylic acids is 1. The number of benzene rings is 2. The van der Waals surface area contributed by atoms with Crippen molar-refractivity contribution in [3.8, 4) is 0 Å². The summed E-state index contributed by atoms with van der Waals surface area (Å²) in [5.74, 6) is -0.908. The van der Waals surface area contributed by atoms with Crippen molar-refractivity contribution in [3.05, 3.63) is 72.2 Å². The maximum absolute atomic E-state index is 11.2. The van der Waals surface area contributed by atoms with Gasteiger partial charge in [-0.05, 0) is 43.2 Å². The number of carboxylic acid groups (broad SMARTS) is 1. The summed E-state index contributed by atoms with van der Waals surface area (Å²) in [7, 11) is 0. The van der Waals surface area contributed by atoms with Crippen LogP contribution in [0.25, 0.3) is 16.6 Å². The van der Waals surface area contributed by atoms with E-state index in [9.17, 15) is 9.90 Å². The summed E-state index contributed by atoms with van der Waals surface area (Å²) in [6, 6.07) is 15.0. The second-order valence-corrected chi connectivity index (χ2v) is 7.27. The van der Waals surface area contributed by atoms with Crippen molar-refractivity contribution in [1.29, 1.82) is 5.41 Å². The van der Waals surface area contributed by atoms with Gasteiger partial charge in [-0.1, -0.05) is 18.2 Å². The predicted octanol–water partition coefficient (Wildman–Crippen LogP) is 3.58. The number of hydrogen-bond donors (Lipinski definition) is 3. The Hall–Kier alpha value is -3.74. The fraction of sp³-hybridized carbons (Fsp3) is 0.217. The Kier molecular flexibility index (Phi) is 5.70.